The molecule has 2 saturated heterocycles. The molecular weight excluding hydrogens is 314 g/mol. The molecule has 2 bridgehead atoms. The second-order valence-electron chi connectivity index (χ2n) is 7.06. The van der Waals surface area contributed by atoms with Gasteiger partial charge in [0.2, 0.25) is 0 Å². The third kappa shape index (κ3) is 3.12. The van der Waals surface area contributed by atoms with Crippen LogP contribution >= 0.6 is 11.3 Å². The predicted molar refractivity (Wildman–Crippen MR) is 87.6 cm³/mol. The van der Waals surface area contributed by atoms with Crippen LogP contribution in [0.25, 0.3) is 0 Å². The van der Waals surface area contributed by atoms with Crippen LogP contribution in [0, 0.1) is 0 Å². The highest BCUT2D eigenvalue weighted by molar-refractivity contribution is 7.11. The highest BCUT2D eigenvalue weighted by Crippen LogP contribution is 2.38. The summed E-state index contributed by atoms with van der Waals surface area (Å²) in [4.78, 5) is 31.0. The number of amides is 2. The molecule has 6 nitrogen and oxygen atoms in total. The first-order valence-corrected chi connectivity index (χ1v) is 8.96. The van der Waals surface area contributed by atoms with Gasteiger partial charge in [0.25, 0.3) is 11.8 Å². The monoisotopic (exact) mass is 337 g/mol. The van der Waals surface area contributed by atoms with Crippen molar-refractivity contribution >= 4 is 23.2 Å². The van der Waals surface area contributed by atoms with Crippen LogP contribution < -0.4 is 5.32 Å². The minimum absolute atomic E-state index is 0.0548. The van der Waals surface area contributed by atoms with E-state index in [1.807, 2.05) is 4.90 Å². The van der Waals surface area contributed by atoms with E-state index in [0.717, 1.165) is 25.7 Å². The Kier molecular flexibility index (Phi) is 4.18. The Morgan fingerprint density at radius 2 is 1.91 bits per heavy atom. The number of fused-ring (bicyclic) bond motifs is 2. The molecule has 2 aliphatic rings. The zero-order valence-electron chi connectivity index (χ0n) is 13.7. The molecule has 1 aromatic heterocycles. The van der Waals surface area contributed by atoms with Gasteiger partial charge in [-0.05, 0) is 46.5 Å². The van der Waals surface area contributed by atoms with Gasteiger partial charge in [-0.1, -0.05) is 0 Å². The van der Waals surface area contributed by atoms with E-state index < -0.39 is 11.6 Å². The maximum Gasteiger partial charge on any atom is 0.280 e. The summed E-state index contributed by atoms with van der Waals surface area (Å²) in [6.07, 6.45) is 4.32. The molecule has 2 N–H and O–H groups in total. The van der Waals surface area contributed by atoms with Crippen molar-refractivity contribution in [2.45, 2.75) is 70.2 Å². The van der Waals surface area contributed by atoms with Crippen molar-refractivity contribution in [3.63, 3.8) is 0 Å². The van der Waals surface area contributed by atoms with Gasteiger partial charge < -0.3 is 15.3 Å². The summed E-state index contributed by atoms with van der Waals surface area (Å²) in [7, 11) is 0. The van der Waals surface area contributed by atoms with Crippen molar-refractivity contribution in [3.05, 3.63) is 16.1 Å². The predicted octanol–water partition coefficient (Wildman–Crippen LogP) is 1.80. The summed E-state index contributed by atoms with van der Waals surface area (Å²) in [5, 5.41) is 14.5. The second kappa shape index (κ2) is 5.87. The molecule has 7 heteroatoms. The molecule has 1 atom stereocenters. The molecule has 0 aliphatic carbocycles. The van der Waals surface area contributed by atoms with Gasteiger partial charge in [-0.15, -0.1) is 11.3 Å². The summed E-state index contributed by atoms with van der Waals surface area (Å²) < 4.78 is 0. The SMILES string of the molecule is C[C@H](NC(=O)c1nc(C(=O)N2[C@H]3CC[C@H]2CC3)cs1)C(C)(C)O. The first-order chi connectivity index (χ1) is 10.8. The van der Waals surface area contributed by atoms with Crippen molar-refractivity contribution in [3.8, 4) is 0 Å². The van der Waals surface area contributed by atoms with Crippen LogP contribution in [0.4, 0.5) is 0 Å². The summed E-state index contributed by atoms with van der Waals surface area (Å²) in [6.45, 7) is 5.01. The van der Waals surface area contributed by atoms with Crippen molar-refractivity contribution in [1.29, 1.82) is 0 Å². The van der Waals surface area contributed by atoms with Crippen molar-refractivity contribution < 1.29 is 14.7 Å². The van der Waals surface area contributed by atoms with Crippen LogP contribution in [0.15, 0.2) is 5.38 Å². The smallest absolute Gasteiger partial charge is 0.280 e. The minimum atomic E-state index is -1.01. The molecule has 0 radical (unpaired) electrons. The number of thiazole rings is 1. The summed E-state index contributed by atoms with van der Waals surface area (Å²) >= 11 is 1.17. The third-order valence-corrected chi connectivity index (χ3v) is 5.85. The third-order valence-electron chi connectivity index (χ3n) is 5.01. The minimum Gasteiger partial charge on any atom is -0.388 e. The fraction of sp³-hybridized carbons (Fsp3) is 0.688. The Morgan fingerprint density at radius 3 is 2.43 bits per heavy atom. The van der Waals surface area contributed by atoms with Gasteiger partial charge in [0.05, 0.1) is 11.6 Å². The number of carbonyl (C=O) groups excluding carboxylic acids is 2. The van der Waals surface area contributed by atoms with E-state index in [4.69, 9.17) is 0 Å². The lowest BCUT2D eigenvalue weighted by atomic mass is 10.0. The van der Waals surface area contributed by atoms with E-state index in [2.05, 4.69) is 10.3 Å². The highest BCUT2D eigenvalue weighted by atomic mass is 32.1. The molecule has 0 spiro atoms. The van der Waals surface area contributed by atoms with Crippen LogP contribution in [-0.2, 0) is 0 Å². The summed E-state index contributed by atoms with van der Waals surface area (Å²) in [5.74, 6) is -0.408. The number of hydrogen-bond acceptors (Lipinski definition) is 5. The van der Waals surface area contributed by atoms with Crippen LogP contribution in [0.2, 0.25) is 0 Å². The topological polar surface area (TPSA) is 82.5 Å². The van der Waals surface area contributed by atoms with Crippen molar-refractivity contribution in [2.75, 3.05) is 0 Å². The van der Waals surface area contributed by atoms with Crippen molar-refractivity contribution in [2.24, 2.45) is 0 Å². The average Bonchev–Trinajstić information content (AvgIpc) is 3.21. The Morgan fingerprint density at radius 1 is 1.35 bits per heavy atom. The largest absolute Gasteiger partial charge is 0.388 e. The first-order valence-electron chi connectivity index (χ1n) is 8.09. The Balaban J connectivity index is 1.68. The van der Waals surface area contributed by atoms with Gasteiger partial charge in [-0.3, -0.25) is 9.59 Å². The lowest BCUT2D eigenvalue weighted by molar-refractivity contribution is 0.0408. The first kappa shape index (κ1) is 16.4. The molecule has 2 aliphatic heterocycles. The standard InChI is InChI=1S/C16H23N3O3S/c1-9(16(2,3)22)17-13(20)14-18-12(8-23-14)15(21)19-10-4-5-11(19)7-6-10/h8-11,22H,4-7H2,1-3H3,(H,17,20)/t9-,10-,11-/m0/s1. The van der Waals surface area contributed by atoms with Gasteiger partial charge in [-0.2, -0.15) is 0 Å². The Labute approximate surface area is 139 Å². The second-order valence-corrected chi connectivity index (χ2v) is 7.92. The molecule has 126 valence electrons. The lowest BCUT2D eigenvalue weighted by Crippen LogP contribution is -2.47. The zero-order valence-corrected chi connectivity index (χ0v) is 14.5. The number of aromatic nitrogens is 1. The molecular formula is C16H23N3O3S. The number of hydrogen-bond donors (Lipinski definition) is 2. The van der Waals surface area contributed by atoms with Crippen LogP contribution in [0.5, 0.6) is 0 Å². The van der Waals surface area contributed by atoms with E-state index in [-0.39, 0.29) is 16.8 Å². The number of aliphatic hydroxyl groups is 1. The van der Waals surface area contributed by atoms with E-state index in [9.17, 15) is 14.7 Å². The molecule has 23 heavy (non-hydrogen) atoms. The molecule has 2 amide bonds. The van der Waals surface area contributed by atoms with E-state index >= 15 is 0 Å². The number of nitrogens with zero attached hydrogens (tertiary/aromatic N) is 2. The maximum atomic E-state index is 12.6. The van der Waals surface area contributed by atoms with Gasteiger partial charge >= 0.3 is 0 Å². The molecule has 3 rings (SSSR count). The highest BCUT2D eigenvalue weighted by Gasteiger charge is 2.43. The van der Waals surface area contributed by atoms with Gasteiger partial charge in [-0.25, -0.2) is 4.98 Å². The number of nitrogens with one attached hydrogen (secondary N) is 1. The normalized spacial score (nSPS) is 24.8. The van der Waals surface area contributed by atoms with Crippen LogP contribution in [0.1, 0.15) is 66.7 Å². The average molecular weight is 337 g/mol. The van der Waals surface area contributed by atoms with Gasteiger partial charge in [0.1, 0.15) is 5.69 Å². The van der Waals surface area contributed by atoms with E-state index in [0.29, 0.717) is 17.8 Å². The molecule has 0 aromatic carbocycles. The lowest BCUT2D eigenvalue weighted by Gasteiger charge is -2.26. The van der Waals surface area contributed by atoms with Crippen LogP contribution in [0.3, 0.4) is 0 Å². The van der Waals surface area contributed by atoms with Crippen molar-refractivity contribution in [1.82, 2.24) is 15.2 Å². The Bertz CT molecular complexity index is 602. The maximum absolute atomic E-state index is 12.6. The number of rotatable bonds is 4. The van der Waals surface area contributed by atoms with Crippen LogP contribution in [-0.4, -0.2) is 50.5 Å². The molecule has 2 fully saturated rings. The zero-order chi connectivity index (χ0) is 16.8. The van der Waals surface area contributed by atoms with Gasteiger partial charge in [0, 0.05) is 17.5 Å². The quantitative estimate of drug-likeness (QED) is 0.878. The molecule has 0 saturated carbocycles. The summed E-state index contributed by atoms with van der Waals surface area (Å²) in [6, 6.07) is 0.288. The fourth-order valence-corrected chi connectivity index (χ4v) is 3.98. The molecule has 1 aromatic rings. The van der Waals surface area contributed by atoms with E-state index in [1.165, 1.54) is 11.3 Å². The fourth-order valence-electron chi connectivity index (χ4n) is 3.29. The van der Waals surface area contributed by atoms with Gasteiger partial charge in [0.15, 0.2) is 5.01 Å². The summed E-state index contributed by atoms with van der Waals surface area (Å²) in [5.41, 5.74) is -0.657. The molecule has 0 unspecified atom stereocenters. The number of carbonyl (C=O) groups is 2. The Hall–Kier alpha value is -1.47. The molecule has 3 heterocycles. The van der Waals surface area contributed by atoms with E-state index in [1.54, 1.807) is 26.2 Å².